The largest absolute Gasteiger partial charge is 0.331 e. The van der Waals surface area contributed by atoms with Crippen molar-refractivity contribution < 1.29 is 9.59 Å². The van der Waals surface area contributed by atoms with E-state index in [1.54, 1.807) is 64.3 Å². The number of nitrogens with zero attached hydrogens (tertiary/aromatic N) is 4. The molecule has 1 aliphatic rings. The zero-order valence-corrected chi connectivity index (χ0v) is 20.3. The molecule has 1 saturated heterocycles. The summed E-state index contributed by atoms with van der Waals surface area (Å²) in [5.74, 6) is -0.570. The van der Waals surface area contributed by atoms with E-state index >= 15 is 0 Å². The molecule has 1 N–H and O–H groups in total. The third-order valence-electron chi connectivity index (χ3n) is 5.59. The van der Waals surface area contributed by atoms with Gasteiger partial charge in [-0.1, -0.05) is 23.2 Å². The second-order valence-electron chi connectivity index (χ2n) is 7.71. The molecule has 10 heteroatoms. The topological polar surface area (TPSA) is 70.5 Å². The standard InChI is InChI=1S/C23H21Cl2N5O2S/c1-14-15(12-26-28(14)2)13-29-20(11-21(31)27-18-7-3-16(24)4-8-18)22(32)30(23(29)33)19-9-5-17(25)6-10-19/h3-10,12,20H,11,13H2,1-2H3,(H,27,31)/t20-/m1/s1. The van der Waals surface area contributed by atoms with Crippen molar-refractivity contribution in [2.75, 3.05) is 10.2 Å². The average molecular weight is 502 g/mol. The van der Waals surface area contributed by atoms with E-state index in [0.29, 0.717) is 33.1 Å². The minimum absolute atomic E-state index is 0.0645. The van der Waals surface area contributed by atoms with Crippen LogP contribution in [-0.4, -0.2) is 37.6 Å². The second-order valence-corrected chi connectivity index (χ2v) is 8.95. The number of rotatable bonds is 6. The SMILES string of the molecule is Cc1c(CN2C(=S)N(c3ccc(Cl)cc3)C(=O)[C@H]2CC(=O)Nc2ccc(Cl)cc2)cnn1C. The highest BCUT2D eigenvalue weighted by molar-refractivity contribution is 7.80. The van der Waals surface area contributed by atoms with Gasteiger partial charge in [-0.25, -0.2) is 0 Å². The molecule has 0 unspecified atom stereocenters. The van der Waals surface area contributed by atoms with Crippen molar-refractivity contribution in [3.63, 3.8) is 0 Å². The van der Waals surface area contributed by atoms with Crippen LogP contribution >= 0.6 is 35.4 Å². The van der Waals surface area contributed by atoms with Gasteiger partial charge in [-0.15, -0.1) is 0 Å². The number of anilines is 2. The Morgan fingerprint density at radius 2 is 1.70 bits per heavy atom. The second kappa shape index (κ2) is 9.51. The summed E-state index contributed by atoms with van der Waals surface area (Å²) in [6, 6.07) is 12.9. The van der Waals surface area contributed by atoms with E-state index in [1.165, 1.54) is 4.90 Å². The molecule has 1 fully saturated rings. The van der Waals surface area contributed by atoms with E-state index in [9.17, 15) is 9.59 Å². The number of aromatic nitrogens is 2. The predicted molar refractivity (Wildman–Crippen MR) is 134 cm³/mol. The highest BCUT2D eigenvalue weighted by atomic mass is 35.5. The van der Waals surface area contributed by atoms with Gasteiger partial charge >= 0.3 is 0 Å². The molecular formula is C23H21Cl2N5O2S. The number of carbonyl (C=O) groups excluding carboxylic acids is 2. The van der Waals surface area contributed by atoms with Gasteiger partial charge in [-0.2, -0.15) is 5.10 Å². The lowest BCUT2D eigenvalue weighted by atomic mass is 10.1. The molecule has 33 heavy (non-hydrogen) atoms. The van der Waals surface area contributed by atoms with E-state index in [2.05, 4.69) is 10.4 Å². The molecule has 2 amide bonds. The van der Waals surface area contributed by atoms with Crippen LogP contribution in [0.15, 0.2) is 54.7 Å². The normalized spacial score (nSPS) is 15.9. The minimum Gasteiger partial charge on any atom is -0.331 e. The number of amides is 2. The van der Waals surface area contributed by atoms with E-state index in [4.69, 9.17) is 35.4 Å². The molecule has 7 nitrogen and oxygen atoms in total. The highest BCUT2D eigenvalue weighted by Gasteiger charge is 2.44. The van der Waals surface area contributed by atoms with Crippen LogP contribution < -0.4 is 10.2 Å². The molecule has 1 aromatic heterocycles. The number of hydrogen-bond donors (Lipinski definition) is 1. The Morgan fingerprint density at radius 3 is 2.27 bits per heavy atom. The number of halogens is 2. The van der Waals surface area contributed by atoms with Crippen LogP contribution in [0.3, 0.4) is 0 Å². The predicted octanol–water partition coefficient (Wildman–Crippen LogP) is 4.57. The Kier molecular flexibility index (Phi) is 6.69. The van der Waals surface area contributed by atoms with Crippen LogP contribution in [0.4, 0.5) is 11.4 Å². The van der Waals surface area contributed by atoms with Crippen molar-refractivity contribution in [3.8, 4) is 0 Å². The van der Waals surface area contributed by atoms with Crippen LogP contribution in [0.5, 0.6) is 0 Å². The zero-order chi connectivity index (χ0) is 23.7. The fourth-order valence-electron chi connectivity index (χ4n) is 3.65. The van der Waals surface area contributed by atoms with Crippen LogP contribution in [-0.2, 0) is 23.2 Å². The zero-order valence-electron chi connectivity index (χ0n) is 18.0. The summed E-state index contributed by atoms with van der Waals surface area (Å²) in [4.78, 5) is 29.5. The van der Waals surface area contributed by atoms with Gasteiger partial charge < -0.3 is 10.2 Å². The first-order valence-corrected chi connectivity index (χ1v) is 11.3. The summed E-state index contributed by atoms with van der Waals surface area (Å²) in [5, 5.41) is 8.56. The van der Waals surface area contributed by atoms with E-state index in [1.807, 2.05) is 14.0 Å². The Morgan fingerprint density at radius 1 is 1.09 bits per heavy atom. The molecular weight excluding hydrogens is 481 g/mol. The summed E-state index contributed by atoms with van der Waals surface area (Å²) >= 11 is 17.6. The summed E-state index contributed by atoms with van der Waals surface area (Å²) < 4.78 is 1.76. The van der Waals surface area contributed by atoms with Gasteiger partial charge in [-0.3, -0.25) is 19.2 Å². The smallest absolute Gasteiger partial charge is 0.256 e. The van der Waals surface area contributed by atoms with Crippen LogP contribution in [0.1, 0.15) is 17.7 Å². The highest BCUT2D eigenvalue weighted by Crippen LogP contribution is 2.30. The lowest BCUT2D eigenvalue weighted by molar-refractivity contribution is -0.124. The van der Waals surface area contributed by atoms with Crippen molar-refractivity contribution in [1.82, 2.24) is 14.7 Å². The first kappa shape index (κ1) is 23.2. The molecule has 170 valence electrons. The van der Waals surface area contributed by atoms with E-state index in [-0.39, 0.29) is 18.2 Å². The maximum atomic E-state index is 13.5. The van der Waals surface area contributed by atoms with Crippen molar-refractivity contribution in [2.24, 2.45) is 7.05 Å². The van der Waals surface area contributed by atoms with Crippen molar-refractivity contribution in [1.29, 1.82) is 0 Å². The van der Waals surface area contributed by atoms with Gasteiger partial charge in [0.15, 0.2) is 5.11 Å². The fraction of sp³-hybridized carbons (Fsp3) is 0.217. The van der Waals surface area contributed by atoms with Gasteiger partial charge in [0, 0.05) is 40.6 Å². The summed E-state index contributed by atoms with van der Waals surface area (Å²) in [5.41, 5.74) is 3.08. The Balaban J connectivity index is 1.61. The molecule has 0 bridgehead atoms. The molecule has 0 saturated carbocycles. The molecule has 2 heterocycles. The van der Waals surface area contributed by atoms with Crippen molar-refractivity contribution in [2.45, 2.75) is 25.9 Å². The van der Waals surface area contributed by atoms with Crippen LogP contribution in [0.25, 0.3) is 0 Å². The molecule has 4 rings (SSSR count). The molecule has 0 spiro atoms. The van der Waals surface area contributed by atoms with E-state index in [0.717, 1.165) is 11.3 Å². The average Bonchev–Trinajstić information content (AvgIpc) is 3.22. The Labute approximate surface area is 206 Å². The molecule has 2 aromatic carbocycles. The Bertz CT molecular complexity index is 1210. The first-order chi connectivity index (χ1) is 15.7. The number of carbonyl (C=O) groups is 2. The van der Waals surface area contributed by atoms with Gasteiger partial charge in [0.25, 0.3) is 5.91 Å². The number of hydrogen-bond acceptors (Lipinski definition) is 4. The number of benzene rings is 2. The van der Waals surface area contributed by atoms with Crippen molar-refractivity contribution in [3.05, 3.63) is 76.0 Å². The minimum atomic E-state index is -0.764. The maximum Gasteiger partial charge on any atom is 0.256 e. The summed E-state index contributed by atoms with van der Waals surface area (Å²) in [6.07, 6.45) is 1.68. The quantitative estimate of drug-likeness (QED) is 0.501. The van der Waals surface area contributed by atoms with Crippen molar-refractivity contribution >= 4 is 63.7 Å². The summed E-state index contributed by atoms with van der Waals surface area (Å²) in [6.45, 7) is 2.30. The molecule has 0 aliphatic carbocycles. The number of nitrogens with one attached hydrogen (secondary N) is 1. The molecule has 0 radical (unpaired) electrons. The number of aryl methyl sites for hydroxylation is 1. The van der Waals surface area contributed by atoms with Gasteiger partial charge in [0.05, 0.1) is 18.3 Å². The summed E-state index contributed by atoms with van der Waals surface area (Å²) in [7, 11) is 1.85. The number of thiocarbonyl (C=S) groups is 1. The fourth-order valence-corrected chi connectivity index (χ4v) is 4.28. The molecule has 1 atom stereocenters. The third kappa shape index (κ3) is 4.88. The lowest BCUT2D eigenvalue weighted by Gasteiger charge is -2.23. The lowest BCUT2D eigenvalue weighted by Crippen LogP contribution is -2.37. The molecule has 3 aromatic rings. The maximum absolute atomic E-state index is 13.5. The van der Waals surface area contributed by atoms with Gasteiger partial charge in [0.1, 0.15) is 6.04 Å². The van der Waals surface area contributed by atoms with Crippen LogP contribution in [0, 0.1) is 6.92 Å². The Hall–Kier alpha value is -2.94. The van der Waals surface area contributed by atoms with E-state index < -0.39 is 6.04 Å². The molecule has 1 aliphatic heterocycles. The third-order valence-corrected chi connectivity index (χ3v) is 6.51. The van der Waals surface area contributed by atoms with Gasteiger partial charge in [-0.05, 0) is 67.7 Å². The first-order valence-electron chi connectivity index (χ1n) is 10.2. The van der Waals surface area contributed by atoms with Crippen LogP contribution in [0.2, 0.25) is 10.0 Å². The van der Waals surface area contributed by atoms with Gasteiger partial charge in [0.2, 0.25) is 5.91 Å². The monoisotopic (exact) mass is 501 g/mol.